The number of nitrogens with zero attached hydrogens (tertiary/aromatic N) is 1. The van der Waals surface area contributed by atoms with Crippen LogP contribution >= 0.6 is 0 Å². The van der Waals surface area contributed by atoms with E-state index in [-0.39, 0.29) is 6.10 Å². The number of ether oxygens (including phenoxy) is 1. The Labute approximate surface area is 118 Å². The molecular formula is C15H20FNO3. The average molecular weight is 281 g/mol. The largest absolute Gasteiger partial charge is 0.478 e. The lowest BCUT2D eigenvalue weighted by molar-refractivity contribution is -0.131. The van der Waals surface area contributed by atoms with Crippen LogP contribution in [0.1, 0.15) is 19.4 Å². The summed E-state index contributed by atoms with van der Waals surface area (Å²) in [5, 5.41) is 8.58. The first-order chi connectivity index (χ1) is 9.38. The number of benzene rings is 1. The van der Waals surface area contributed by atoms with Gasteiger partial charge in [-0.15, -0.1) is 0 Å². The van der Waals surface area contributed by atoms with Crippen molar-refractivity contribution in [3.63, 3.8) is 0 Å². The topological polar surface area (TPSA) is 49.8 Å². The van der Waals surface area contributed by atoms with Gasteiger partial charge in [0.15, 0.2) is 0 Å². The Balaban J connectivity index is 2.76. The number of hydrogen-bond acceptors (Lipinski definition) is 3. The van der Waals surface area contributed by atoms with Gasteiger partial charge in [-0.2, -0.15) is 0 Å². The molecule has 0 bridgehead atoms. The van der Waals surface area contributed by atoms with E-state index in [1.807, 2.05) is 25.8 Å². The molecule has 110 valence electrons. The van der Waals surface area contributed by atoms with Gasteiger partial charge in [-0.05, 0) is 43.7 Å². The van der Waals surface area contributed by atoms with Crippen LogP contribution in [0.3, 0.4) is 0 Å². The van der Waals surface area contributed by atoms with E-state index in [1.165, 1.54) is 18.2 Å². The zero-order valence-corrected chi connectivity index (χ0v) is 12.0. The minimum absolute atomic E-state index is 0.157. The number of likely N-dealkylation sites (N-methyl/N-ethyl adjacent to an activating group) is 1. The van der Waals surface area contributed by atoms with Gasteiger partial charge < -0.3 is 14.7 Å². The third kappa shape index (κ3) is 5.84. The fourth-order valence-electron chi connectivity index (χ4n) is 1.63. The van der Waals surface area contributed by atoms with Gasteiger partial charge in [-0.3, -0.25) is 0 Å². The van der Waals surface area contributed by atoms with Crippen molar-refractivity contribution in [3.05, 3.63) is 35.7 Å². The van der Waals surface area contributed by atoms with Gasteiger partial charge in [-0.1, -0.05) is 0 Å². The average Bonchev–Trinajstić information content (AvgIpc) is 2.35. The zero-order valence-electron chi connectivity index (χ0n) is 12.0. The maximum absolute atomic E-state index is 13.5. The molecule has 0 fully saturated rings. The summed E-state index contributed by atoms with van der Waals surface area (Å²) in [6, 6.07) is 4.44. The molecule has 5 heteroatoms. The number of rotatable bonds is 7. The third-order valence-corrected chi connectivity index (χ3v) is 2.64. The third-order valence-electron chi connectivity index (χ3n) is 2.64. The molecular weight excluding hydrogens is 261 g/mol. The van der Waals surface area contributed by atoms with Crippen molar-refractivity contribution < 1.29 is 19.0 Å². The molecule has 0 spiro atoms. The Bertz CT molecular complexity index is 486. The number of carboxylic acid groups (broad SMARTS) is 1. The maximum atomic E-state index is 13.5. The molecule has 1 aromatic rings. The lowest BCUT2D eigenvalue weighted by Gasteiger charge is -2.20. The van der Waals surface area contributed by atoms with Crippen LogP contribution in [0, 0.1) is 5.82 Å². The Morgan fingerprint density at radius 3 is 2.75 bits per heavy atom. The Morgan fingerprint density at radius 2 is 2.15 bits per heavy atom. The smallest absolute Gasteiger partial charge is 0.328 e. The molecule has 0 atom stereocenters. The monoisotopic (exact) mass is 281 g/mol. The number of carboxylic acids is 1. The van der Waals surface area contributed by atoms with E-state index >= 15 is 0 Å². The highest BCUT2D eigenvalue weighted by Gasteiger charge is 2.05. The predicted molar refractivity (Wildman–Crippen MR) is 77.4 cm³/mol. The second kappa shape index (κ2) is 7.65. The summed E-state index contributed by atoms with van der Waals surface area (Å²) < 4.78 is 19.0. The van der Waals surface area contributed by atoms with E-state index in [2.05, 4.69) is 0 Å². The van der Waals surface area contributed by atoms with E-state index in [1.54, 1.807) is 6.07 Å². The molecule has 1 rings (SSSR count). The highest BCUT2D eigenvalue weighted by atomic mass is 19.1. The number of hydrogen-bond donors (Lipinski definition) is 1. The molecule has 0 radical (unpaired) electrons. The van der Waals surface area contributed by atoms with Gasteiger partial charge in [-0.25, -0.2) is 9.18 Å². The molecule has 0 saturated carbocycles. The number of carbonyl (C=O) groups is 1. The lowest BCUT2D eigenvalue weighted by atomic mass is 10.1. The highest BCUT2D eigenvalue weighted by molar-refractivity contribution is 5.85. The Hall–Kier alpha value is -1.88. The molecule has 0 heterocycles. The zero-order chi connectivity index (χ0) is 15.1. The Kier molecular flexibility index (Phi) is 6.18. The van der Waals surface area contributed by atoms with Crippen LogP contribution in [0.2, 0.25) is 0 Å². The van der Waals surface area contributed by atoms with Gasteiger partial charge in [0.1, 0.15) is 5.82 Å². The fourth-order valence-corrected chi connectivity index (χ4v) is 1.63. The maximum Gasteiger partial charge on any atom is 0.328 e. The van der Waals surface area contributed by atoms with Gasteiger partial charge in [0.2, 0.25) is 0 Å². The number of aliphatic carboxylic acids is 1. The summed E-state index contributed by atoms with van der Waals surface area (Å²) in [4.78, 5) is 12.3. The highest BCUT2D eigenvalue weighted by Crippen LogP contribution is 2.18. The first-order valence-corrected chi connectivity index (χ1v) is 6.43. The molecule has 0 aliphatic rings. The first kappa shape index (κ1) is 16.2. The second-order valence-electron chi connectivity index (χ2n) is 4.76. The van der Waals surface area contributed by atoms with E-state index in [0.29, 0.717) is 24.4 Å². The van der Waals surface area contributed by atoms with Gasteiger partial charge in [0.05, 0.1) is 12.7 Å². The molecule has 0 aromatic heterocycles. The predicted octanol–water partition coefficient (Wildman–Crippen LogP) is 2.78. The van der Waals surface area contributed by atoms with Crippen LogP contribution < -0.4 is 4.90 Å². The molecule has 0 amide bonds. The van der Waals surface area contributed by atoms with Gasteiger partial charge in [0, 0.05) is 25.4 Å². The lowest BCUT2D eigenvalue weighted by Crippen LogP contribution is -2.24. The van der Waals surface area contributed by atoms with Crippen molar-refractivity contribution in [2.24, 2.45) is 0 Å². The van der Waals surface area contributed by atoms with Crippen molar-refractivity contribution in [1.82, 2.24) is 0 Å². The van der Waals surface area contributed by atoms with Crippen molar-refractivity contribution in [2.45, 2.75) is 20.0 Å². The van der Waals surface area contributed by atoms with Crippen molar-refractivity contribution in [2.75, 3.05) is 25.1 Å². The summed E-state index contributed by atoms with van der Waals surface area (Å²) in [7, 11) is 1.84. The van der Waals surface area contributed by atoms with Gasteiger partial charge in [0.25, 0.3) is 0 Å². The van der Waals surface area contributed by atoms with E-state index < -0.39 is 11.8 Å². The van der Waals surface area contributed by atoms with Crippen LogP contribution in [0.15, 0.2) is 24.3 Å². The molecule has 0 aliphatic heterocycles. The number of anilines is 1. The molecule has 0 unspecified atom stereocenters. The van der Waals surface area contributed by atoms with E-state index in [0.717, 1.165) is 6.08 Å². The van der Waals surface area contributed by atoms with Crippen molar-refractivity contribution in [1.29, 1.82) is 0 Å². The summed E-state index contributed by atoms with van der Waals surface area (Å²) in [6.45, 7) is 5.09. The van der Waals surface area contributed by atoms with Crippen molar-refractivity contribution >= 4 is 17.7 Å². The molecule has 0 saturated heterocycles. The molecule has 1 N–H and O–H groups in total. The SMILES string of the molecule is CC(C)OCCN(C)c1cc(F)cc(/C=C/C(=O)O)c1. The normalized spacial score (nSPS) is 11.2. The van der Waals surface area contributed by atoms with Gasteiger partial charge >= 0.3 is 5.97 Å². The van der Waals surface area contributed by atoms with E-state index in [9.17, 15) is 9.18 Å². The quantitative estimate of drug-likeness (QED) is 0.781. The van der Waals surface area contributed by atoms with Crippen LogP contribution in [0.5, 0.6) is 0 Å². The van der Waals surface area contributed by atoms with Crippen LogP contribution in [0.25, 0.3) is 6.08 Å². The summed E-state index contributed by atoms with van der Waals surface area (Å²) in [5.74, 6) is -1.46. The molecule has 4 nitrogen and oxygen atoms in total. The molecule has 20 heavy (non-hydrogen) atoms. The van der Waals surface area contributed by atoms with Crippen LogP contribution in [0.4, 0.5) is 10.1 Å². The second-order valence-corrected chi connectivity index (χ2v) is 4.76. The van der Waals surface area contributed by atoms with Crippen molar-refractivity contribution in [3.8, 4) is 0 Å². The molecule has 0 aliphatic carbocycles. The molecule has 1 aromatic carbocycles. The minimum Gasteiger partial charge on any atom is -0.478 e. The Morgan fingerprint density at radius 1 is 1.45 bits per heavy atom. The van der Waals surface area contributed by atoms with E-state index in [4.69, 9.17) is 9.84 Å². The minimum atomic E-state index is -1.06. The summed E-state index contributed by atoms with van der Waals surface area (Å²) in [6.07, 6.45) is 2.51. The standard InChI is InChI=1S/C15H20FNO3/c1-11(2)20-7-6-17(3)14-9-12(4-5-15(18)19)8-13(16)10-14/h4-5,8-11H,6-7H2,1-3H3,(H,18,19)/b5-4+. The fraction of sp³-hybridized carbons (Fsp3) is 0.400. The number of halogens is 1. The summed E-state index contributed by atoms with van der Waals surface area (Å²) >= 11 is 0. The van der Waals surface area contributed by atoms with Crippen LogP contribution in [-0.2, 0) is 9.53 Å². The summed E-state index contributed by atoms with van der Waals surface area (Å²) in [5.41, 5.74) is 1.20. The van der Waals surface area contributed by atoms with Crippen LogP contribution in [-0.4, -0.2) is 37.4 Å². The first-order valence-electron chi connectivity index (χ1n) is 6.43.